The van der Waals surface area contributed by atoms with Crippen LogP contribution in [-0.2, 0) is 6.42 Å². The first-order valence-electron chi connectivity index (χ1n) is 12.9. The fourth-order valence-electron chi connectivity index (χ4n) is 3.86. The van der Waals surface area contributed by atoms with Crippen molar-refractivity contribution >= 4 is 11.4 Å². The van der Waals surface area contributed by atoms with Crippen molar-refractivity contribution in [3.05, 3.63) is 114 Å². The number of allylic oxidation sites excluding steroid dienone is 2. The minimum atomic E-state index is 0.829. The molecule has 3 rings (SSSR count). The van der Waals surface area contributed by atoms with E-state index < -0.39 is 0 Å². The fraction of sp³-hybridized carbons (Fsp3) is 0.303. The van der Waals surface area contributed by atoms with Crippen LogP contribution in [0.4, 0.5) is 11.4 Å². The summed E-state index contributed by atoms with van der Waals surface area (Å²) in [4.78, 5) is 4.02. The zero-order valence-corrected chi connectivity index (χ0v) is 21.8. The van der Waals surface area contributed by atoms with E-state index in [1.165, 1.54) is 49.7 Å². The Bertz CT molecular complexity index is 1230. The number of hydrogen-bond acceptors (Lipinski definition) is 3. The van der Waals surface area contributed by atoms with Crippen molar-refractivity contribution < 1.29 is 0 Å². The molecule has 0 bridgehead atoms. The lowest BCUT2D eigenvalue weighted by Crippen LogP contribution is -1.87. The molecule has 0 atom stereocenters. The van der Waals surface area contributed by atoms with Gasteiger partial charge in [0.05, 0.1) is 11.4 Å². The SMILES string of the molecule is C=C(C)C(=C)CCCCCCCCc1ccc(/N=N/c2ccc(C#Cc3ccncc3)c(C)c2)cc1. The molecular weight excluding hydrogens is 438 g/mol. The second-order valence-corrected chi connectivity index (χ2v) is 9.36. The summed E-state index contributed by atoms with van der Waals surface area (Å²) in [6, 6.07) is 18.2. The van der Waals surface area contributed by atoms with Crippen LogP contribution in [0.15, 0.2) is 102 Å². The monoisotopic (exact) mass is 475 g/mol. The number of rotatable bonds is 12. The summed E-state index contributed by atoms with van der Waals surface area (Å²) >= 11 is 0. The lowest BCUT2D eigenvalue weighted by Gasteiger charge is -2.05. The Hall–Kier alpha value is -3.77. The molecule has 0 aliphatic carbocycles. The Morgan fingerprint density at radius 1 is 0.778 bits per heavy atom. The molecule has 3 aromatic rings. The summed E-state index contributed by atoms with van der Waals surface area (Å²) in [5.41, 5.74) is 8.41. The number of azo groups is 1. The molecule has 36 heavy (non-hydrogen) atoms. The number of pyridine rings is 1. The lowest BCUT2D eigenvalue weighted by atomic mass is 10.0. The molecule has 0 aliphatic heterocycles. The highest BCUT2D eigenvalue weighted by molar-refractivity contribution is 5.52. The van der Waals surface area contributed by atoms with Crippen LogP contribution in [0.5, 0.6) is 0 Å². The Balaban J connectivity index is 1.39. The molecule has 3 heteroatoms. The Kier molecular flexibility index (Phi) is 10.9. The third kappa shape index (κ3) is 9.47. The minimum Gasteiger partial charge on any atom is -0.265 e. The zero-order valence-electron chi connectivity index (χ0n) is 21.8. The van der Waals surface area contributed by atoms with E-state index in [2.05, 4.69) is 64.5 Å². The number of hydrogen-bond donors (Lipinski definition) is 0. The molecule has 0 spiro atoms. The summed E-state index contributed by atoms with van der Waals surface area (Å²) in [7, 11) is 0. The average molecular weight is 476 g/mol. The molecule has 1 aromatic heterocycles. The quantitative estimate of drug-likeness (QED) is 0.111. The van der Waals surface area contributed by atoms with E-state index in [-0.39, 0.29) is 0 Å². The molecular formula is C33H37N3. The molecule has 0 radical (unpaired) electrons. The van der Waals surface area contributed by atoms with Crippen LogP contribution in [0.2, 0.25) is 0 Å². The summed E-state index contributed by atoms with van der Waals surface area (Å²) in [5, 5.41) is 8.83. The van der Waals surface area contributed by atoms with Crippen molar-refractivity contribution in [2.45, 2.75) is 65.2 Å². The standard InChI is InChI=1S/C33H37N3/c1-26(2)27(3)11-9-7-5-6-8-10-12-29-14-18-32(19-15-29)35-36-33-20-17-31(28(4)25-33)16-13-30-21-23-34-24-22-30/h14-15,17-25H,1,3,5-12H2,2,4H3/b36-35+. The highest BCUT2D eigenvalue weighted by Gasteiger charge is 2.00. The van der Waals surface area contributed by atoms with E-state index in [1.807, 2.05) is 44.2 Å². The first-order chi connectivity index (χ1) is 17.5. The number of nitrogens with zero attached hydrogens (tertiary/aromatic N) is 3. The van der Waals surface area contributed by atoms with Crippen molar-refractivity contribution in [2.75, 3.05) is 0 Å². The first-order valence-corrected chi connectivity index (χ1v) is 12.9. The molecule has 0 saturated heterocycles. The normalized spacial score (nSPS) is 10.7. The average Bonchev–Trinajstić information content (AvgIpc) is 2.89. The smallest absolute Gasteiger partial charge is 0.0860 e. The van der Waals surface area contributed by atoms with Crippen LogP contribution in [-0.4, -0.2) is 4.98 Å². The topological polar surface area (TPSA) is 37.6 Å². The molecule has 0 fully saturated rings. The van der Waals surface area contributed by atoms with Crippen molar-refractivity contribution in [1.82, 2.24) is 4.98 Å². The summed E-state index contributed by atoms with van der Waals surface area (Å²) in [6.07, 6.45) is 13.3. The number of unbranched alkanes of at least 4 members (excludes halogenated alkanes) is 5. The van der Waals surface area contributed by atoms with Crippen LogP contribution in [0.1, 0.15) is 74.1 Å². The van der Waals surface area contributed by atoms with Gasteiger partial charge in [-0.15, -0.1) is 0 Å². The highest BCUT2D eigenvalue weighted by atomic mass is 15.1. The molecule has 0 aliphatic rings. The van der Waals surface area contributed by atoms with E-state index in [9.17, 15) is 0 Å². The summed E-state index contributed by atoms with van der Waals surface area (Å²) < 4.78 is 0. The third-order valence-electron chi connectivity index (χ3n) is 6.25. The van der Waals surface area contributed by atoms with Gasteiger partial charge in [-0.2, -0.15) is 10.2 Å². The number of aromatic nitrogens is 1. The van der Waals surface area contributed by atoms with Crippen molar-refractivity contribution in [3.8, 4) is 11.8 Å². The highest BCUT2D eigenvalue weighted by Crippen LogP contribution is 2.22. The second kappa shape index (κ2) is 14.6. The lowest BCUT2D eigenvalue weighted by molar-refractivity contribution is 0.594. The maximum atomic E-state index is 4.42. The van der Waals surface area contributed by atoms with Crippen LogP contribution in [0, 0.1) is 18.8 Å². The van der Waals surface area contributed by atoms with Gasteiger partial charge < -0.3 is 0 Å². The van der Waals surface area contributed by atoms with Gasteiger partial charge in [-0.3, -0.25) is 4.98 Å². The molecule has 0 saturated carbocycles. The molecule has 1 heterocycles. The molecule has 0 amide bonds. The maximum absolute atomic E-state index is 4.42. The molecule has 3 nitrogen and oxygen atoms in total. The van der Waals surface area contributed by atoms with Gasteiger partial charge in [0.2, 0.25) is 0 Å². The van der Waals surface area contributed by atoms with E-state index in [0.29, 0.717) is 0 Å². The largest absolute Gasteiger partial charge is 0.265 e. The Morgan fingerprint density at radius 3 is 2.11 bits per heavy atom. The van der Waals surface area contributed by atoms with Crippen LogP contribution in [0.3, 0.4) is 0 Å². The van der Waals surface area contributed by atoms with Crippen molar-refractivity contribution in [3.63, 3.8) is 0 Å². The van der Waals surface area contributed by atoms with Crippen LogP contribution >= 0.6 is 0 Å². The Labute approximate surface area is 217 Å². The molecule has 184 valence electrons. The number of benzene rings is 2. The Morgan fingerprint density at radius 2 is 1.42 bits per heavy atom. The predicted molar refractivity (Wildman–Crippen MR) is 152 cm³/mol. The second-order valence-electron chi connectivity index (χ2n) is 9.36. The van der Waals surface area contributed by atoms with Gasteiger partial charge in [-0.1, -0.05) is 74.0 Å². The minimum absolute atomic E-state index is 0.829. The van der Waals surface area contributed by atoms with Gasteiger partial charge in [0.25, 0.3) is 0 Å². The van der Waals surface area contributed by atoms with E-state index in [1.54, 1.807) is 12.4 Å². The van der Waals surface area contributed by atoms with Crippen LogP contribution < -0.4 is 0 Å². The van der Waals surface area contributed by atoms with E-state index >= 15 is 0 Å². The van der Waals surface area contributed by atoms with Gasteiger partial charge in [0.1, 0.15) is 0 Å². The maximum Gasteiger partial charge on any atom is 0.0860 e. The molecule has 0 unspecified atom stereocenters. The third-order valence-corrected chi connectivity index (χ3v) is 6.25. The van der Waals surface area contributed by atoms with Crippen molar-refractivity contribution in [1.29, 1.82) is 0 Å². The first kappa shape index (κ1) is 26.8. The van der Waals surface area contributed by atoms with Crippen LogP contribution in [0.25, 0.3) is 0 Å². The predicted octanol–water partition coefficient (Wildman–Crippen LogP) is 9.61. The number of aryl methyl sites for hydroxylation is 2. The zero-order chi connectivity index (χ0) is 25.6. The van der Waals surface area contributed by atoms with Crippen molar-refractivity contribution in [2.24, 2.45) is 10.2 Å². The van der Waals surface area contributed by atoms with E-state index in [4.69, 9.17) is 0 Å². The summed E-state index contributed by atoms with van der Waals surface area (Å²) in [6.45, 7) is 12.1. The molecule has 0 N–H and O–H groups in total. The van der Waals surface area contributed by atoms with Gasteiger partial charge in [-0.05, 0) is 93.1 Å². The summed E-state index contributed by atoms with van der Waals surface area (Å²) in [5.74, 6) is 6.39. The van der Waals surface area contributed by atoms with Gasteiger partial charge >= 0.3 is 0 Å². The van der Waals surface area contributed by atoms with Gasteiger partial charge in [0, 0.05) is 23.5 Å². The van der Waals surface area contributed by atoms with Gasteiger partial charge in [0.15, 0.2) is 0 Å². The fourth-order valence-corrected chi connectivity index (χ4v) is 3.86. The molecule has 2 aromatic carbocycles. The van der Waals surface area contributed by atoms with Gasteiger partial charge in [-0.25, -0.2) is 0 Å². The van der Waals surface area contributed by atoms with E-state index in [0.717, 1.165) is 46.5 Å².